The second-order valence-electron chi connectivity index (χ2n) is 6.06. The van der Waals surface area contributed by atoms with Gasteiger partial charge in [-0.1, -0.05) is 18.2 Å². The molecule has 0 aliphatic heterocycles. The predicted molar refractivity (Wildman–Crippen MR) is 104 cm³/mol. The third kappa shape index (κ3) is 4.27. The summed E-state index contributed by atoms with van der Waals surface area (Å²) in [6.45, 7) is 0. The van der Waals surface area contributed by atoms with Crippen molar-refractivity contribution >= 4 is 17.4 Å². The molecular formula is C21H14F2N4O2. The van der Waals surface area contributed by atoms with Gasteiger partial charge in [-0.15, -0.1) is 10.2 Å². The van der Waals surface area contributed by atoms with Crippen LogP contribution < -0.4 is 10.6 Å². The maximum Gasteiger partial charge on any atom is 0.323 e. The fraction of sp³-hybridized carbons (Fsp3) is 0. The molecule has 0 fully saturated rings. The summed E-state index contributed by atoms with van der Waals surface area (Å²) in [7, 11) is 0. The van der Waals surface area contributed by atoms with Gasteiger partial charge in [-0.3, -0.25) is 0 Å². The van der Waals surface area contributed by atoms with Crippen molar-refractivity contribution in [1.82, 2.24) is 10.2 Å². The summed E-state index contributed by atoms with van der Waals surface area (Å²) in [5, 5.41) is 13.0. The highest BCUT2D eigenvalue weighted by Gasteiger charge is 2.15. The van der Waals surface area contributed by atoms with Crippen molar-refractivity contribution < 1.29 is 18.0 Å². The summed E-state index contributed by atoms with van der Waals surface area (Å²) in [6, 6.07) is 17.8. The van der Waals surface area contributed by atoms with E-state index < -0.39 is 17.7 Å². The number of amides is 2. The van der Waals surface area contributed by atoms with Crippen LogP contribution in [0.5, 0.6) is 0 Å². The molecule has 4 rings (SSSR count). The molecule has 29 heavy (non-hydrogen) atoms. The van der Waals surface area contributed by atoms with E-state index in [1.807, 2.05) is 18.2 Å². The molecule has 8 heteroatoms. The number of rotatable bonds is 4. The fourth-order valence-corrected chi connectivity index (χ4v) is 2.62. The van der Waals surface area contributed by atoms with Gasteiger partial charge in [0.15, 0.2) is 0 Å². The number of carbonyl (C=O) groups is 1. The molecule has 0 spiro atoms. The van der Waals surface area contributed by atoms with Gasteiger partial charge < -0.3 is 15.1 Å². The number of benzene rings is 3. The Bertz CT molecular complexity index is 1150. The molecule has 0 unspecified atom stereocenters. The van der Waals surface area contributed by atoms with E-state index in [0.717, 1.165) is 0 Å². The molecule has 1 heterocycles. The third-order valence-corrected chi connectivity index (χ3v) is 4.00. The molecule has 4 aromatic rings. The Morgan fingerprint density at radius 3 is 2.21 bits per heavy atom. The predicted octanol–water partition coefficient (Wildman–Crippen LogP) is 5.33. The maximum absolute atomic E-state index is 14.3. The van der Waals surface area contributed by atoms with E-state index in [4.69, 9.17) is 4.42 Å². The van der Waals surface area contributed by atoms with Crippen LogP contribution in [-0.2, 0) is 0 Å². The Hall–Kier alpha value is -4.07. The lowest BCUT2D eigenvalue weighted by atomic mass is 10.2. The highest BCUT2D eigenvalue weighted by atomic mass is 19.1. The highest BCUT2D eigenvalue weighted by molar-refractivity contribution is 6.00. The van der Waals surface area contributed by atoms with Crippen molar-refractivity contribution in [3.63, 3.8) is 0 Å². The number of aromatic nitrogens is 2. The number of hydrogen-bond donors (Lipinski definition) is 2. The van der Waals surface area contributed by atoms with Crippen LogP contribution in [0.3, 0.4) is 0 Å². The van der Waals surface area contributed by atoms with Gasteiger partial charge in [-0.25, -0.2) is 13.6 Å². The van der Waals surface area contributed by atoms with Gasteiger partial charge in [-0.05, 0) is 54.6 Å². The van der Waals surface area contributed by atoms with Crippen LogP contribution in [0.4, 0.5) is 25.0 Å². The van der Waals surface area contributed by atoms with E-state index in [1.165, 1.54) is 42.5 Å². The lowest BCUT2D eigenvalue weighted by molar-refractivity contribution is 0.262. The quantitative estimate of drug-likeness (QED) is 0.492. The molecule has 6 nitrogen and oxygen atoms in total. The summed E-state index contributed by atoms with van der Waals surface area (Å²) in [5.41, 5.74) is 1.50. The second kappa shape index (κ2) is 7.89. The zero-order valence-electron chi connectivity index (χ0n) is 14.9. The van der Waals surface area contributed by atoms with E-state index >= 15 is 0 Å². The summed E-state index contributed by atoms with van der Waals surface area (Å²) in [6.07, 6.45) is 0. The largest absolute Gasteiger partial charge is 0.416 e. The fourth-order valence-electron chi connectivity index (χ4n) is 2.62. The van der Waals surface area contributed by atoms with Gasteiger partial charge >= 0.3 is 6.03 Å². The first-order valence-electron chi connectivity index (χ1n) is 8.61. The molecule has 144 valence electrons. The SMILES string of the molecule is O=C(Nc1ccc(F)cc1)Nc1ccc(F)c(-c2nnc(-c3ccccc3)o2)c1. The molecule has 2 amide bonds. The minimum absolute atomic E-state index is 0.0102. The average Bonchev–Trinajstić information content (AvgIpc) is 3.22. The molecule has 0 saturated carbocycles. The molecule has 0 aliphatic carbocycles. The summed E-state index contributed by atoms with van der Waals surface area (Å²) < 4.78 is 32.8. The van der Waals surface area contributed by atoms with Crippen LogP contribution in [0.2, 0.25) is 0 Å². The number of nitrogens with zero attached hydrogens (tertiary/aromatic N) is 2. The third-order valence-electron chi connectivity index (χ3n) is 4.00. The molecule has 0 saturated heterocycles. The number of nitrogens with one attached hydrogen (secondary N) is 2. The number of halogens is 2. The van der Waals surface area contributed by atoms with Gasteiger partial charge in [0, 0.05) is 16.9 Å². The summed E-state index contributed by atoms with van der Waals surface area (Å²) in [5.74, 6) is -0.734. The Morgan fingerprint density at radius 1 is 0.793 bits per heavy atom. The van der Waals surface area contributed by atoms with Crippen molar-refractivity contribution in [2.45, 2.75) is 0 Å². The first-order chi connectivity index (χ1) is 14.1. The van der Waals surface area contributed by atoms with Crippen LogP contribution in [-0.4, -0.2) is 16.2 Å². The van der Waals surface area contributed by atoms with Crippen molar-refractivity contribution in [2.24, 2.45) is 0 Å². The smallest absolute Gasteiger partial charge is 0.323 e. The van der Waals surface area contributed by atoms with E-state index in [1.54, 1.807) is 12.1 Å². The second-order valence-corrected chi connectivity index (χ2v) is 6.06. The molecule has 0 atom stereocenters. The number of urea groups is 1. The van der Waals surface area contributed by atoms with Crippen molar-refractivity contribution in [2.75, 3.05) is 10.6 Å². The lowest BCUT2D eigenvalue weighted by Gasteiger charge is -2.08. The average molecular weight is 392 g/mol. The zero-order chi connectivity index (χ0) is 20.2. The maximum atomic E-state index is 14.3. The van der Waals surface area contributed by atoms with Gasteiger partial charge in [-0.2, -0.15) is 0 Å². The van der Waals surface area contributed by atoms with Gasteiger partial charge in [0.1, 0.15) is 11.6 Å². The first kappa shape index (κ1) is 18.3. The molecule has 0 radical (unpaired) electrons. The molecular weight excluding hydrogens is 378 g/mol. The monoisotopic (exact) mass is 392 g/mol. The van der Waals surface area contributed by atoms with Crippen LogP contribution in [0.25, 0.3) is 22.9 Å². The van der Waals surface area contributed by atoms with Gasteiger partial charge in [0.05, 0.1) is 5.56 Å². The Morgan fingerprint density at radius 2 is 1.45 bits per heavy atom. The standard InChI is InChI=1S/C21H14F2N4O2/c22-14-6-8-15(9-7-14)24-21(28)25-16-10-11-18(23)17(12-16)20-27-26-19(29-20)13-4-2-1-3-5-13/h1-12H,(H2,24,25,28). The van der Waals surface area contributed by atoms with E-state index in [9.17, 15) is 13.6 Å². The number of anilines is 2. The number of hydrogen-bond acceptors (Lipinski definition) is 4. The Labute approximate surface area is 164 Å². The van der Waals surface area contributed by atoms with E-state index in [2.05, 4.69) is 20.8 Å². The Kier molecular flexibility index (Phi) is 4.98. The van der Waals surface area contributed by atoms with Crippen LogP contribution >= 0.6 is 0 Å². The van der Waals surface area contributed by atoms with E-state index in [-0.39, 0.29) is 17.3 Å². The Balaban J connectivity index is 1.53. The lowest BCUT2D eigenvalue weighted by Crippen LogP contribution is -2.19. The molecule has 2 N–H and O–H groups in total. The minimum Gasteiger partial charge on any atom is -0.416 e. The van der Waals surface area contributed by atoms with Crippen LogP contribution in [0.15, 0.2) is 77.2 Å². The van der Waals surface area contributed by atoms with Crippen LogP contribution in [0.1, 0.15) is 0 Å². The van der Waals surface area contributed by atoms with Gasteiger partial charge in [0.2, 0.25) is 5.89 Å². The normalized spacial score (nSPS) is 10.6. The number of carbonyl (C=O) groups excluding carboxylic acids is 1. The molecule has 3 aromatic carbocycles. The molecule has 0 aliphatic rings. The topological polar surface area (TPSA) is 80.0 Å². The molecule has 0 bridgehead atoms. The van der Waals surface area contributed by atoms with Gasteiger partial charge in [0.25, 0.3) is 5.89 Å². The minimum atomic E-state index is -0.572. The highest BCUT2D eigenvalue weighted by Crippen LogP contribution is 2.28. The zero-order valence-corrected chi connectivity index (χ0v) is 14.9. The van der Waals surface area contributed by atoms with Crippen molar-refractivity contribution in [3.05, 3.63) is 84.4 Å². The summed E-state index contributed by atoms with van der Waals surface area (Å²) in [4.78, 5) is 12.1. The van der Waals surface area contributed by atoms with Crippen molar-refractivity contribution in [1.29, 1.82) is 0 Å². The first-order valence-corrected chi connectivity index (χ1v) is 8.61. The molecule has 1 aromatic heterocycles. The summed E-state index contributed by atoms with van der Waals surface area (Å²) >= 11 is 0. The van der Waals surface area contributed by atoms with Crippen molar-refractivity contribution in [3.8, 4) is 22.9 Å². The van der Waals surface area contributed by atoms with Crippen LogP contribution in [0, 0.1) is 11.6 Å². The van der Waals surface area contributed by atoms with E-state index in [0.29, 0.717) is 16.9 Å².